The molecule has 0 atom stereocenters. The minimum Gasteiger partial charge on any atom is -0.309 e. The first kappa shape index (κ1) is 24.6. The number of benzene rings is 6. The van der Waals surface area contributed by atoms with Crippen LogP contribution in [-0.4, -0.2) is 19.1 Å². The van der Waals surface area contributed by atoms with Crippen molar-refractivity contribution in [3.8, 4) is 33.9 Å². The lowest BCUT2D eigenvalue weighted by atomic mass is 9.95. The van der Waals surface area contributed by atoms with Crippen LogP contribution >= 0.6 is 0 Å². The van der Waals surface area contributed by atoms with Crippen molar-refractivity contribution in [2.45, 2.75) is 0 Å². The van der Waals surface area contributed by atoms with Gasteiger partial charge in [0.05, 0.1) is 40.2 Å². The maximum atomic E-state index is 5.11. The molecule has 0 saturated heterocycles. The monoisotopic (exact) mass is 562 g/mol. The van der Waals surface area contributed by atoms with Gasteiger partial charge in [0, 0.05) is 32.8 Å². The van der Waals surface area contributed by atoms with E-state index in [1.165, 1.54) is 43.7 Å². The number of fused-ring (bicyclic) bond motifs is 6. The quantitative estimate of drug-likeness (QED) is 0.214. The van der Waals surface area contributed by atoms with Crippen molar-refractivity contribution in [1.29, 1.82) is 0 Å². The van der Waals surface area contributed by atoms with E-state index in [4.69, 9.17) is 4.98 Å². The molecule has 0 aliphatic heterocycles. The molecular formula is C40H26N4. The first-order valence-corrected chi connectivity index (χ1v) is 14.8. The Labute approximate surface area is 254 Å². The van der Waals surface area contributed by atoms with Gasteiger partial charge < -0.3 is 4.57 Å². The van der Waals surface area contributed by atoms with E-state index in [2.05, 4.69) is 142 Å². The average Bonchev–Trinajstić information content (AvgIpc) is 3.62. The molecule has 0 unspecified atom stereocenters. The lowest BCUT2D eigenvalue weighted by molar-refractivity contribution is 1.05. The summed E-state index contributed by atoms with van der Waals surface area (Å²) < 4.78 is 4.63. The van der Waals surface area contributed by atoms with Crippen molar-refractivity contribution in [2.75, 3.05) is 0 Å². The fourth-order valence-electron chi connectivity index (χ4n) is 6.80. The fraction of sp³-hybridized carbons (Fsp3) is 0. The molecule has 9 aromatic rings. The largest absolute Gasteiger partial charge is 0.309 e. The van der Waals surface area contributed by atoms with Gasteiger partial charge in [-0.1, -0.05) is 109 Å². The zero-order valence-corrected chi connectivity index (χ0v) is 23.8. The Kier molecular flexibility index (Phi) is 5.47. The molecule has 6 aromatic carbocycles. The van der Waals surface area contributed by atoms with E-state index in [0.717, 1.165) is 33.8 Å². The molecule has 0 N–H and O–H groups in total. The minimum atomic E-state index is 0.800. The molecule has 0 bridgehead atoms. The Morgan fingerprint density at radius 3 is 1.59 bits per heavy atom. The lowest BCUT2D eigenvalue weighted by Gasteiger charge is -2.11. The van der Waals surface area contributed by atoms with Gasteiger partial charge in [-0.05, 0) is 47.5 Å². The van der Waals surface area contributed by atoms with Gasteiger partial charge in [-0.25, -0.2) is 4.98 Å². The predicted molar refractivity (Wildman–Crippen MR) is 182 cm³/mol. The molecule has 9 rings (SSSR count). The van der Waals surface area contributed by atoms with Crippen LogP contribution in [-0.2, 0) is 0 Å². The summed E-state index contributed by atoms with van der Waals surface area (Å²) in [7, 11) is 0. The smallest absolute Gasteiger partial charge is 0.156 e. The summed E-state index contributed by atoms with van der Waals surface area (Å²) in [6.07, 6.45) is 3.69. The summed E-state index contributed by atoms with van der Waals surface area (Å²) in [6.45, 7) is 0. The maximum Gasteiger partial charge on any atom is 0.156 e. The Morgan fingerprint density at radius 1 is 0.409 bits per heavy atom. The van der Waals surface area contributed by atoms with E-state index in [0.29, 0.717) is 0 Å². The Balaban J connectivity index is 1.36. The highest BCUT2D eigenvalue weighted by Gasteiger charge is 2.21. The van der Waals surface area contributed by atoms with E-state index in [1.54, 1.807) is 0 Å². The van der Waals surface area contributed by atoms with E-state index in [9.17, 15) is 0 Å². The predicted octanol–water partition coefficient (Wildman–Crippen LogP) is 10.0. The molecule has 0 aliphatic rings. The summed E-state index contributed by atoms with van der Waals surface area (Å²) in [4.78, 5) is 9.74. The van der Waals surface area contributed by atoms with Gasteiger partial charge in [-0.15, -0.1) is 0 Å². The number of rotatable bonds is 4. The summed E-state index contributed by atoms with van der Waals surface area (Å²) in [5.74, 6) is 0.800. The van der Waals surface area contributed by atoms with E-state index in [-0.39, 0.29) is 0 Å². The molecule has 0 aliphatic carbocycles. The molecular weight excluding hydrogens is 536 g/mol. The highest BCUT2D eigenvalue weighted by Crippen LogP contribution is 2.43. The molecule has 0 radical (unpaired) electrons. The molecule has 4 heteroatoms. The van der Waals surface area contributed by atoms with Gasteiger partial charge in [0.25, 0.3) is 0 Å². The van der Waals surface area contributed by atoms with Crippen LogP contribution in [0.4, 0.5) is 0 Å². The first-order valence-electron chi connectivity index (χ1n) is 14.8. The third-order valence-electron chi connectivity index (χ3n) is 8.62. The number of nitrogens with zero attached hydrogens (tertiary/aromatic N) is 4. The Hall–Kier alpha value is -6.00. The molecule has 206 valence electrons. The van der Waals surface area contributed by atoms with Crippen LogP contribution in [0.1, 0.15) is 0 Å². The second-order valence-corrected chi connectivity index (χ2v) is 11.1. The standard InChI is InChI=1S/C40H26N4/c1-3-13-27(14-4-1)33-25-41-26-38(42-33)44-35-22-10-8-18-32(35)40-30(20-12-24-37(40)44)29-19-11-23-36-39(29)31-17-7-9-21-34(31)43(36)28-15-5-2-6-16-28/h1-26H. The lowest BCUT2D eigenvalue weighted by Crippen LogP contribution is -1.99. The second kappa shape index (κ2) is 9.79. The molecule has 4 nitrogen and oxygen atoms in total. The fourth-order valence-corrected chi connectivity index (χ4v) is 6.80. The van der Waals surface area contributed by atoms with Gasteiger partial charge in [0.1, 0.15) is 0 Å². The molecule has 3 aromatic heterocycles. The normalized spacial score (nSPS) is 11.6. The Morgan fingerprint density at radius 2 is 0.932 bits per heavy atom. The molecule has 44 heavy (non-hydrogen) atoms. The summed E-state index contributed by atoms with van der Waals surface area (Å²) in [5, 5.41) is 4.89. The number of hydrogen-bond acceptors (Lipinski definition) is 2. The zero-order valence-electron chi connectivity index (χ0n) is 23.8. The third kappa shape index (κ3) is 3.64. The van der Waals surface area contributed by atoms with Crippen molar-refractivity contribution in [3.63, 3.8) is 0 Å². The Bertz CT molecular complexity index is 2490. The molecule has 0 saturated carbocycles. The van der Waals surface area contributed by atoms with Crippen LogP contribution < -0.4 is 0 Å². The van der Waals surface area contributed by atoms with Crippen LogP contribution in [0.5, 0.6) is 0 Å². The van der Waals surface area contributed by atoms with Crippen molar-refractivity contribution < 1.29 is 0 Å². The average molecular weight is 563 g/mol. The number of hydrogen-bond donors (Lipinski definition) is 0. The summed E-state index contributed by atoms with van der Waals surface area (Å²) >= 11 is 0. The highest BCUT2D eigenvalue weighted by molar-refractivity contribution is 6.22. The van der Waals surface area contributed by atoms with Crippen molar-refractivity contribution in [2.24, 2.45) is 0 Å². The molecule has 0 amide bonds. The van der Waals surface area contributed by atoms with Crippen molar-refractivity contribution in [3.05, 3.63) is 158 Å². The third-order valence-corrected chi connectivity index (χ3v) is 8.62. The zero-order chi connectivity index (χ0) is 29.0. The summed E-state index contributed by atoms with van der Waals surface area (Å²) in [5.41, 5.74) is 10.1. The topological polar surface area (TPSA) is 35.6 Å². The van der Waals surface area contributed by atoms with E-state index < -0.39 is 0 Å². The van der Waals surface area contributed by atoms with Crippen LogP contribution in [0.3, 0.4) is 0 Å². The first-order chi connectivity index (χ1) is 21.9. The van der Waals surface area contributed by atoms with E-state index >= 15 is 0 Å². The van der Waals surface area contributed by atoms with E-state index in [1.807, 2.05) is 30.6 Å². The van der Waals surface area contributed by atoms with Gasteiger partial charge in [0.15, 0.2) is 5.82 Å². The van der Waals surface area contributed by atoms with Gasteiger partial charge in [0.2, 0.25) is 0 Å². The molecule has 3 heterocycles. The van der Waals surface area contributed by atoms with Gasteiger partial charge >= 0.3 is 0 Å². The van der Waals surface area contributed by atoms with Crippen LogP contribution in [0.25, 0.3) is 77.5 Å². The van der Waals surface area contributed by atoms with Crippen LogP contribution in [0, 0.1) is 0 Å². The van der Waals surface area contributed by atoms with Gasteiger partial charge in [-0.2, -0.15) is 0 Å². The minimum absolute atomic E-state index is 0.800. The van der Waals surface area contributed by atoms with Gasteiger partial charge in [-0.3, -0.25) is 9.55 Å². The second-order valence-electron chi connectivity index (χ2n) is 11.1. The van der Waals surface area contributed by atoms with Crippen LogP contribution in [0.15, 0.2) is 158 Å². The molecule has 0 fully saturated rings. The SMILES string of the molecule is c1ccc(-c2cncc(-n3c4ccccc4c4c(-c5cccc6c5c5ccccc5n6-c5ccccc5)cccc43)n2)cc1. The molecule has 0 spiro atoms. The van der Waals surface area contributed by atoms with Crippen molar-refractivity contribution in [1.82, 2.24) is 19.1 Å². The highest BCUT2D eigenvalue weighted by atomic mass is 15.1. The van der Waals surface area contributed by atoms with Crippen LogP contribution in [0.2, 0.25) is 0 Å². The maximum absolute atomic E-state index is 5.11. The van der Waals surface area contributed by atoms with Crippen molar-refractivity contribution >= 4 is 43.6 Å². The number of para-hydroxylation sites is 3. The number of aromatic nitrogens is 4. The summed E-state index contributed by atoms with van der Waals surface area (Å²) in [6, 6.07) is 51.5.